The van der Waals surface area contributed by atoms with Crippen LogP contribution in [0.3, 0.4) is 0 Å². The maximum Gasteiger partial charge on any atom is 0.0563 e. The smallest absolute Gasteiger partial charge is 0.0563 e. The van der Waals surface area contributed by atoms with E-state index in [-0.39, 0.29) is 0 Å². The molecule has 0 spiro atoms. The van der Waals surface area contributed by atoms with Gasteiger partial charge in [-0.3, -0.25) is 0 Å². The van der Waals surface area contributed by atoms with Crippen molar-refractivity contribution in [3.8, 4) is 0 Å². The maximum atomic E-state index is 6.13. The summed E-state index contributed by atoms with van der Waals surface area (Å²) in [7, 11) is 0. The minimum atomic E-state index is 0.628. The summed E-state index contributed by atoms with van der Waals surface area (Å²) in [4.78, 5) is 0. The first kappa shape index (κ1) is 9.95. The highest BCUT2D eigenvalue weighted by Crippen LogP contribution is 2.31. The average molecular weight is 245 g/mol. The van der Waals surface area contributed by atoms with E-state index >= 15 is 0 Å². The van der Waals surface area contributed by atoms with Gasteiger partial charge in [-0.05, 0) is 41.1 Å². The second-order valence-corrected chi connectivity index (χ2v) is 4.41. The molecule has 0 saturated carbocycles. The van der Waals surface area contributed by atoms with Gasteiger partial charge in [-0.15, -0.1) is 0 Å². The monoisotopic (exact) mass is 244 g/mol. The molecular formula is C14H6Cl2. The number of hydrogen-bond donors (Lipinski definition) is 0. The van der Waals surface area contributed by atoms with Crippen LogP contribution in [0.4, 0.5) is 0 Å². The zero-order chi connectivity index (χ0) is 11.1. The zero-order valence-corrected chi connectivity index (χ0v) is 9.73. The molecule has 3 rings (SSSR count). The first-order valence-electron chi connectivity index (χ1n) is 4.85. The molecule has 16 heavy (non-hydrogen) atoms. The Balaban J connectivity index is 2.55. The van der Waals surface area contributed by atoms with Gasteiger partial charge in [-0.2, -0.15) is 0 Å². The van der Waals surface area contributed by atoms with E-state index in [1.54, 1.807) is 6.07 Å². The molecule has 2 heteroatoms. The van der Waals surface area contributed by atoms with Crippen molar-refractivity contribution in [1.82, 2.24) is 0 Å². The number of benzene rings is 3. The number of halogens is 2. The number of fused-ring (bicyclic) bond motifs is 2. The van der Waals surface area contributed by atoms with Crippen LogP contribution in [0.2, 0.25) is 10.0 Å². The zero-order valence-electron chi connectivity index (χ0n) is 8.22. The largest absolute Gasteiger partial charge is 0.0836 e. The van der Waals surface area contributed by atoms with Crippen molar-refractivity contribution < 1.29 is 0 Å². The van der Waals surface area contributed by atoms with Gasteiger partial charge in [0.25, 0.3) is 0 Å². The SMILES string of the molecule is Clc1[c]ccc2cc3c[c]cc(Cl)c3cc12. The van der Waals surface area contributed by atoms with E-state index in [9.17, 15) is 0 Å². The summed E-state index contributed by atoms with van der Waals surface area (Å²) < 4.78 is 0. The second-order valence-electron chi connectivity index (χ2n) is 3.62. The summed E-state index contributed by atoms with van der Waals surface area (Å²) in [6.07, 6.45) is 0. The molecular weight excluding hydrogens is 239 g/mol. The fourth-order valence-electron chi connectivity index (χ4n) is 1.85. The van der Waals surface area contributed by atoms with Crippen LogP contribution in [-0.2, 0) is 0 Å². The van der Waals surface area contributed by atoms with Gasteiger partial charge in [0, 0.05) is 21.9 Å². The number of rotatable bonds is 0. The van der Waals surface area contributed by atoms with E-state index < -0.39 is 0 Å². The lowest BCUT2D eigenvalue weighted by Gasteiger charge is -2.04. The van der Waals surface area contributed by atoms with Crippen molar-refractivity contribution in [2.24, 2.45) is 0 Å². The highest BCUT2D eigenvalue weighted by Gasteiger charge is 2.03. The van der Waals surface area contributed by atoms with E-state index in [0.717, 1.165) is 21.5 Å². The van der Waals surface area contributed by atoms with E-state index in [4.69, 9.17) is 23.2 Å². The molecule has 0 aliphatic rings. The summed E-state index contributed by atoms with van der Waals surface area (Å²) >= 11 is 12.2. The molecule has 2 radical (unpaired) electrons. The van der Waals surface area contributed by atoms with Gasteiger partial charge in [0.15, 0.2) is 0 Å². The number of hydrogen-bond acceptors (Lipinski definition) is 0. The van der Waals surface area contributed by atoms with Gasteiger partial charge in [0.1, 0.15) is 0 Å². The molecule has 0 aromatic heterocycles. The summed E-state index contributed by atoms with van der Waals surface area (Å²) in [5.41, 5.74) is 0. The van der Waals surface area contributed by atoms with E-state index in [2.05, 4.69) is 18.2 Å². The van der Waals surface area contributed by atoms with Gasteiger partial charge in [-0.25, -0.2) is 0 Å². The molecule has 0 aliphatic carbocycles. The Morgan fingerprint density at radius 3 is 2.69 bits per heavy atom. The van der Waals surface area contributed by atoms with Crippen molar-refractivity contribution in [2.75, 3.05) is 0 Å². The third-order valence-electron chi connectivity index (χ3n) is 2.64. The fourth-order valence-corrected chi connectivity index (χ4v) is 2.31. The molecule has 0 fully saturated rings. The van der Waals surface area contributed by atoms with Gasteiger partial charge < -0.3 is 0 Å². The van der Waals surface area contributed by atoms with Gasteiger partial charge in [0.2, 0.25) is 0 Å². The maximum absolute atomic E-state index is 6.13. The van der Waals surface area contributed by atoms with Crippen LogP contribution in [0, 0.1) is 12.1 Å². The van der Waals surface area contributed by atoms with E-state index in [0.29, 0.717) is 10.0 Å². The standard InChI is InChI=1S/C14H6Cl2/c15-13-5-1-3-9-7-10-4-2-6-14(16)12(10)8-11(9)13/h1,3-4,6-8H. The molecule has 0 bridgehead atoms. The Bertz CT molecular complexity index is 630. The predicted molar refractivity (Wildman–Crippen MR) is 69.1 cm³/mol. The Labute approximate surface area is 103 Å². The lowest BCUT2D eigenvalue weighted by molar-refractivity contribution is 1.74. The van der Waals surface area contributed by atoms with Crippen LogP contribution < -0.4 is 0 Å². The van der Waals surface area contributed by atoms with Crippen molar-refractivity contribution in [2.45, 2.75) is 0 Å². The highest BCUT2D eigenvalue weighted by molar-refractivity contribution is 6.38. The summed E-state index contributed by atoms with van der Waals surface area (Å²) in [6.45, 7) is 0. The van der Waals surface area contributed by atoms with Crippen LogP contribution in [0.25, 0.3) is 21.5 Å². The normalized spacial score (nSPS) is 11.1. The third kappa shape index (κ3) is 1.46. The van der Waals surface area contributed by atoms with Crippen LogP contribution in [-0.4, -0.2) is 0 Å². The van der Waals surface area contributed by atoms with Gasteiger partial charge in [-0.1, -0.05) is 35.3 Å². The lowest BCUT2D eigenvalue weighted by Crippen LogP contribution is -1.78. The molecule has 0 heterocycles. The first-order chi connectivity index (χ1) is 7.75. The fraction of sp³-hybridized carbons (Fsp3) is 0. The summed E-state index contributed by atoms with van der Waals surface area (Å²) in [5, 5.41) is 5.45. The van der Waals surface area contributed by atoms with E-state index in [1.807, 2.05) is 24.3 Å². The highest BCUT2D eigenvalue weighted by atomic mass is 35.5. The van der Waals surface area contributed by atoms with Crippen LogP contribution in [0.1, 0.15) is 0 Å². The second kappa shape index (κ2) is 3.65. The molecule has 0 N–H and O–H groups in total. The molecule has 0 atom stereocenters. The van der Waals surface area contributed by atoms with Crippen molar-refractivity contribution >= 4 is 44.7 Å². The summed E-state index contributed by atoms with van der Waals surface area (Å²) in [5.74, 6) is 0. The van der Waals surface area contributed by atoms with Gasteiger partial charge >= 0.3 is 0 Å². The molecule has 76 valence electrons. The minimum Gasteiger partial charge on any atom is -0.0836 e. The minimum absolute atomic E-state index is 0.628. The van der Waals surface area contributed by atoms with Crippen LogP contribution in [0.15, 0.2) is 36.4 Å². The Morgan fingerprint density at radius 1 is 0.938 bits per heavy atom. The van der Waals surface area contributed by atoms with E-state index in [1.165, 1.54) is 0 Å². The Morgan fingerprint density at radius 2 is 1.81 bits per heavy atom. The topological polar surface area (TPSA) is 0 Å². The average Bonchev–Trinajstić information content (AvgIpc) is 2.28. The van der Waals surface area contributed by atoms with Crippen LogP contribution in [0.5, 0.6) is 0 Å². The Kier molecular flexibility index (Phi) is 2.27. The summed E-state index contributed by atoms with van der Waals surface area (Å²) in [6, 6.07) is 17.5. The molecule has 0 unspecified atom stereocenters. The molecule has 0 amide bonds. The van der Waals surface area contributed by atoms with Crippen molar-refractivity contribution in [1.29, 1.82) is 0 Å². The molecule has 0 saturated heterocycles. The van der Waals surface area contributed by atoms with Crippen molar-refractivity contribution in [3.05, 3.63) is 58.6 Å². The molecule has 3 aromatic rings. The predicted octanol–water partition coefficient (Wildman–Crippen LogP) is 4.90. The van der Waals surface area contributed by atoms with Gasteiger partial charge in [0.05, 0.1) is 5.02 Å². The molecule has 3 aromatic carbocycles. The van der Waals surface area contributed by atoms with Crippen molar-refractivity contribution in [3.63, 3.8) is 0 Å². The quantitative estimate of drug-likeness (QED) is 0.494. The lowest BCUT2D eigenvalue weighted by atomic mass is 10.0. The Hall–Kier alpha value is -1.24. The molecule has 0 aliphatic heterocycles. The molecule has 0 nitrogen and oxygen atoms in total. The third-order valence-corrected chi connectivity index (χ3v) is 3.26. The first-order valence-corrected chi connectivity index (χ1v) is 5.60. The van der Waals surface area contributed by atoms with Crippen LogP contribution >= 0.6 is 23.2 Å².